The number of ketones is 1. The van der Waals surface area contributed by atoms with Crippen LogP contribution in [-0.4, -0.2) is 62.4 Å². The molecule has 0 bridgehead atoms. The van der Waals surface area contributed by atoms with Gasteiger partial charge in [0.2, 0.25) is 24.4 Å². The number of rotatable bonds is 8. The first-order valence-electron chi connectivity index (χ1n) is 16.6. The lowest BCUT2D eigenvalue weighted by Crippen LogP contribution is -2.27. The van der Waals surface area contributed by atoms with Gasteiger partial charge in [0, 0.05) is 61.7 Å². The summed E-state index contributed by atoms with van der Waals surface area (Å²) in [5.74, 6) is -1.06. The van der Waals surface area contributed by atoms with Gasteiger partial charge in [0.05, 0.1) is 6.10 Å². The van der Waals surface area contributed by atoms with Gasteiger partial charge in [-0.15, -0.1) is 0 Å². The second-order valence-electron chi connectivity index (χ2n) is 12.3. The van der Waals surface area contributed by atoms with Crippen LogP contribution in [0.2, 0.25) is 0 Å². The molecule has 4 heterocycles. The van der Waals surface area contributed by atoms with E-state index in [1.165, 1.54) is 6.07 Å². The second-order valence-corrected chi connectivity index (χ2v) is 12.3. The highest BCUT2D eigenvalue weighted by Crippen LogP contribution is 2.46. The molecule has 260 valence electrons. The van der Waals surface area contributed by atoms with E-state index in [-0.39, 0.29) is 54.4 Å². The fourth-order valence-corrected chi connectivity index (χ4v) is 6.07. The lowest BCUT2D eigenvalue weighted by Gasteiger charge is -2.23. The summed E-state index contributed by atoms with van der Waals surface area (Å²) >= 11 is 0. The van der Waals surface area contributed by atoms with Gasteiger partial charge in [0.25, 0.3) is 0 Å². The summed E-state index contributed by atoms with van der Waals surface area (Å²) in [4.78, 5) is 47.7. The number of pyridine rings is 1. The zero-order valence-electron chi connectivity index (χ0n) is 27.6. The molecular formula is C37H38N4O9. The highest BCUT2D eigenvalue weighted by Gasteiger charge is 2.32. The molecule has 13 nitrogen and oxygen atoms in total. The number of fused-ring (bicyclic) bond motifs is 2. The lowest BCUT2D eigenvalue weighted by molar-refractivity contribution is -0.121. The van der Waals surface area contributed by atoms with Gasteiger partial charge in [-0.25, -0.2) is 4.79 Å². The van der Waals surface area contributed by atoms with Gasteiger partial charge in [0.1, 0.15) is 22.8 Å². The average Bonchev–Trinajstić information content (AvgIpc) is 3.77. The minimum Gasteiger partial charge on any atom is -0.507 e. The number of ether oxygens (including phenoxy) is 3. The van der Waals surface area contributed by atoms with E-state index in [0.29, 0.717) is 72.9 Å². The molecule has 3 N–H and O–H groups in total. The number of aromatic nitrogens is 3. The first-order chi connectivity index (χ1) is 24.3. The number of hydrogen-bond donors (Lipinski definition) is 3. The predicted molar refractivity (Wildman–Crippen MR) is 180 cm³/mol. The van der Waals surface area contributed by atoms with Crippen LogP contribution < -0.4 is 14.8 Å². The smallest absolute Gasteiger partial charge is 0.342 e. The Kier molecular flexibility index (Phi) is 10.7. The first kappa shape index (κ1) is 34.2. The number of benzene rings is 2. The molecule has 2 aliphatic rings. The molecule has 2 atom stereocenters. The third-order valence-electron chi connectivity index (χ3n) is 8.64. The monoisotopic (exact) mass is 682 g/mol. The summed E-state index contributed by atoms with van der Waals surface area (Å²) in [7, 11) is 0. The Morgan fingerprint density at radius 1 is 1.08 bits per heavy atom. The largest absolute Gasteiger partial charge is 0.507 e. The molecule has 50 heavy (non-hydrogen) atoms. The maximum atomic E-state index is 13.6. The minimum absolute atomic E-state index is 0.0134. The number of Topliss-reactive ketones (excluding diaryl/α,β-unsaturated/α-hetero) is 1. The zero-order valence-corrected chi connectivity index (χ0v) is 27.6. The highest BCUT2D eigenvalue weighted by molar-refractivity contribution is 5.98. The molecule has 6 rings (SSSR count). The topological polar surface area (TPSA) is 183 Å². The molecule has 13 heteroatoms. The van der Waals surface area contributed by atoms with Crippen LogP contribution in [0, 0.1) is 0 Å². The van der Waals surface area contributed by atoms with Crippen molar-refractivity contribution >= 4 is 23.7 Å². The van der Waals surface area contributed by atoms with Crippen LogP contribution in [0.4, 0.5) is 0 Å². The summed E-state index contributed by atoms with van der Waals surface area (Å²) < 4.78 is 22.1. The van der Waals surface area contributed by atoms with E-state index in [1.54, 1.807) is 55.7 Å². The van der Waals surface area contributed by atoms with E-state index in [1.807, 2.05) is 6.07 Å². The van der Waals surface area contributed by atoms with Gasteiger partial charge in [-0.2, -0.15) is 4.98 Å². The molecule has 0 fully saturated rings. The predicted octanol–water partition coefficient (Wildman–Crippen LogP) is 5.63. The van der Waals surface area contributed by atoms with Crippen molar-refractivity contribution in [3.8, 4) is 34.4 Å². The van der Waals surface area contributed by atoms with Crippen LogP contribution in [-0.2, 0) is 20.7 Å². The molecule has 4 aromatic rings. The highest BCUT2D eigenvalue weighted by atomic mass is 16.7. The zero-order chi connectivity index (χ0) is 35.0. The van der Waals surface area contributed by atoms with Crippen LogP contribution in [0.25, 0.3) is 17.5 Å². The molecule has 0 saturated heterocycles. The molecule has 2 aromatic carbocycles. The summed E-state index contributed by atoms with van der Waals surface area (Å²) in [6.07, 6.45) is 9.31. The number of nitrogens with zero attached hydrogens (tertiary/aromatic N) is 3. The summed E-state index contributed by atoms with van der Waals surface area (Å²) in [5, 5.41) is 30.1. The molecule has 0 radical (unpaired) electrons. The van der Waals surface area contributed by atoms with Crippen LogP contribution in [0.3, 0.4) is 0 Å². The number of carbonyl (C=O) groups is 3. The minimum atomic E-state index is -0.913. The fourth-order valence-electron chi connectivity index (χ4n) is 6.07. The van der Waals surface area contributed by atoms with E-state index in [0.717, 1.165) is 0 Å². The third kappa shape index (κ3) is 8.11. The van der Waals surface area contributed by atoms with Crippen LogP contribution in [0.5, 0.6) is 23.0 Å². The number of carbonyl (C=O) groups excluding carboxylic acids is 3. The molecule has 0 aliphatic carbocycles. The van der Waals surface area contributed by atoms with Crippen molar-refractivity contribution in [3.05, 3.63) is 83.0 Å². The van der Waals surface area contributed by atoms with Crippen LogP contribution in [0.1, 0.15) is 90.7 Å². The van der Waals surface area contributed by atoms with Crippen molar-refractivity contribution < 1.29 is 43.3 Å². The number of aromatic hydroxyl groups is 2. The molecule has 2 aliphatic heterocycles. The number of allylic oxidation sites excluding steroid dienone is 1. The van der Waals surface area contributed by atoms with Crippen LogP contribution >= 0.6 is 0 Å². The van der Waals surface area contributed by atoms with Crippen LogP contribution in [0.15, 0.2) is 59.4 Å². The number of phenolic OH excluding ortho intramolecular Hbond substituents is 2. The number of phenols is 2. The van der Waals surface area contributed by atoms with E-state index in [4.69, 9.17) is 18.7 Å². The molecule has 1 unspecified atom stereocenters. The Morgan fingerprint density at radius 3 is 2.76 bits per heavy atom. The molecule has 1 amide bonds. The van der Waals surface area contributed by atoms with Crippen molar-refractivity contribution in [2.75, 3.05) is 13.3 Å². The maximum absolute atomic E-state index is 13.6. The Balaban J connectivity index is 1.28. The molecule has 0 spiro atoms. The number of hydrogen-bond acceptors (Lipinski definition) is 12. The summed E-state index contributed by atoms with van der Waals surface area (Å²) in [5.41, 5.74) is 1.35. The SMILES string of the molecule is C[C@H]1CCCC(=O)CCC/C=C/c2cc(O)c(C(CC(=O)NCCc3nc(-c4cccnc4)no3)c3ccc4c(c3)OCO4)c(O)c2C(=O)O1. The maximum Gasteiger partial charge on any atom is 0.342 e. The third-order valence-corrected chi connectivity index (χ3v) is 8.64. The first-order valence-corrected chi connectivity index (χ1v) is 16.6. The van der Waals surface area contributed by atoms with Gasteiger partial charge in [-0.1, -0.05) is 23.4 Å². The molecule has 0 saturated carbocycles. The van der Waals surface area contributed by atoms with Crippen molar-refractivity contribution in [1.29, 1.82) is 0 Å². The average molecular weight is 683 g/mol. The number of cyclic esters (lactones) is 1. The molecular weight excluding hydrogens is 644 g/mol. The van der Waals surface area contributed by atoms with E-state index >= 15 is 0 Å². The van der Waals surface area contributed by atoms with Crippen molar-refractivity contribution in [2.24, 2.45) is 0 Å². The van der Waals surface area contributed by atoms with Crippen molar-refractivity contribution in [2.45, 2.75) is 70.3 Å². The van der Waals surface area contributed by atoms with Gasteiger partial charge in [-0.3, -0.25) is 14.6 Å². The standard InChI is InChI=1S/C37H38N4O9/c1-22-7-5-11-26(42)10-4-2-3-8-24-17-28(43)34(35(45)33(24)37(46)49-22)27(23-12-13-29-30(18-23)48-21-47-29)19-31(44)39-16-14-32-40-36(41-50-32)25-9-6-15-38-20-25/h3,6,8-9,12-13,15,17-18,20,22,27,43,45H,2,4-5,7,10-11,14,16,19,21H2,1H3,(H,39,44)/b8-3+/t22-,27?/m0/s1. The van der Waals surface area contributed by atoms with E-state index < -0.39 is 29.6 Å². The Morgan fingerprint density at radius 2 is 1.92 bits per heavy atom. The Bertz CT molecular complexity index is 1890. The van der Waals surface area contributed by atoms with E-state index in [2.05, 4.69) is 20.4 Å². The summed E-state index contributed by atoms with van der Waals surface area (Å²) in [6, 6.07) is 10.1. The number of esters is 1. The van der Waals surface area contributed by atoms with Gasteiger partial charge in [0.15, 0.2) is 11.5 Å². The van der Waals surface area contributed by atoms with Crippen molar-refractivity contribution in [1.82, 2.24) is 20.4 Å². The number of amides is 1. The number of nitrogens with one attached hydrogen (secondary N) is 1. The normalized spacial score (nSPS) is 17.7. The summed E-state index contributed by atoms with van der Waals surface area (Å²) in [6.45, 7) is 1.93. The van der Waals surface area contributed by atoms with Crippen molar-refractivity contribution in [3.63, 3.8) is 0 Å². The van der Waals surface area contributed by atoms with Gasteiger partial charge < -0.3 is 34.3 Å². The Hall–Kier alpha value is -5.72. The second kappa shape index (κ2) is 15.7. The van der Waals surface area contributed by atoms with E-state index in [9.17, 15) is 24.6 Å². The van der Waals surface area contributed by atoms with Gasteiger partial charge >= 0.3 is 5.97 Å². The lowest BCUT2D eigenvalue weighted by atomic mass is 9.84. The van der Waals surface area contributed by atoms with Gasteiger partial charge in [-0.05, 0) is 74.1 Å². The Labute approximate surface area is 288 Å². The molecule has 2 aromatic heterocycles. The fraction of sp³-hybridized carbons (Fsp3) is 0.351. The quantitative estimate of drug-likeness (QED) is 0.195.